The van der Waals surface area contributed by atoms with Crippen LogP contribution in [0.15, 0.2) is 29.1 Å². The number of nitrogens with one attached hydrogen (secondary N) is 2. The molecule has 78 valence electrons. The lowest BCUT2D eigenvalue weighted by molar-refractivity contribution is 1.17. The first-order valence-corrected chi connectivity index (χ1v) is 5.16. The Labute approximate surface area is 92.1 Å². The Morgan fingerprint density at radius 3 is 2.87 bits per heavy atom. The Morgan fingerprint density at radius 2 is 2.13 bits per heavy atom. The van der Waals surface area contributed by atoms with Gasteiger partial charge < -0.3 is 10.3 Å². The maximum Gasteiger partial charge on any atom is 0.210 e. The van der Waals surface area contributed by atoms with Gasteiger partial charge in [-0.25, -0.2) is 0 Å². The summed E-state index contributed by atoms with van der Waals surface area (Å²) in [5.41, 5.74) is 0.657. The zero-order valence-electron chi connectivity index (χ0n) is 8.30. The number of rotatable bonds is 2. The highest BCUT2D eigenvalue weighted by Gasteiger charge is 2.08. The van der Waals surface area contributed by atoms with Crippen LogP contribution in [0.5, 0.6) is 0 Å². The van der Waals surface area contributed by atoms with Gasteiger partial charge in [0.05, 0.1) is 5.52 Å². The molecule has 1 aromatic carbocycles. The molecule has 0 saturated carbocycles. The average Bonchev–Trinajstić information content (AvgIpc) is 2.26. The number of fused-ring (bicyclic) bond motifs is 1. The average molecular weight is 223 g/mol. The van der Waals surface area contributed by atoms with Crippen LogP contribution < -0.4 is 10.7 Å². The van der Waals surface area contributed by atoms with Crippen LogP contribution in [0.2, 0.25) is 5.02 Å². The second kappa shape index (κ2) is 3.95. The second-order valence-corrected chi connectivity index (χ2v) is 3.60. The third-order valence-electron chi connectivity index (χ3n) is 2.20. The van der Waals surface area contributed by atoms with Gasteiger partial charge in [-0.05, 0) is 19.1 Å². The summed E-state index contributed by atoms with van der Waals surface area (Å²) in [4.78, 5) is 14.9. The van der Waals surface area contributed by atoms with E-state index in [0.29, 0.717) is 17.7 Å². The molecule has 2 rings (SSSR count). The molecular weight excluding hydrogens is 212 g/mol. The maximum atomic E-state index is 11.8. The van der Waals surface area contributed by atoms with Crippen molar-refractivity contribution in [1.29, 1.82) is 0 Å². The molecule has 0 unspecified atom stereocenters. The number of aromatic nitrogens is 1. The number of hydrogen-bond donors (Lipinski definition) is 2. The molecule has 3 nitrogen and oxygen atoms in total. The molecule has 0 saturated heterocycles. The van der Waals surface area contributed by atoms with E-state index in [1.54, 1.807) is 6.07 Å². The Hall–Kier alpha value is -1.48. The summed E-state index contributed by atoms with van der Waals surface area (Å²) in [5, 5.41) is 3.85. The predicted octanol–water partition coefficient (Wildman–Crippen LogP) is 2.61. The van der Waals surface area contributed by atoms with Crippen LogP contribution in [-0.4, -0.2) is 11.5 Å². The second-order valence-electron chi connectivity index (χ2n) is 3.22. The van der Waals surface area contributed by atoms with E-state index in [4.69, 9.17) is 11.6 Å². The number of H-pyrrole nitrogens is 1. The number of aromatic amines is 1. The van der Waals surface area contributed by atoms with Crippen molar-refractivity contribution in [2.45, 2.75) is 6.92 Å². The van der Waals surface area contributed by atoms with Crippen molar-refractivity contribution in [3.05, 3.63) is 39.5 Å². The van der Waals surface area contributed by atoms with Gasteiger partial charge >= 0.3 is 0 Å². The maximum absolute atomic E-state index is 11.8. The number of para-hydroxylation sites is 1. The van der Waals surface area contributed by atoms with Crippen molar-refractivity contribution in [3.8, 4) is 0 Å². The van der Waals surface area contributed by atoms with Gasteiger partial charge in [0, 0.05) is 11.9 Å². The summed E-state index contributed by atoms with van der Waals surface area (Å²) >= 11 is 5.94. The highest BCUT2D eigenvalue weighted by Crippen LogP contribution is 2.18. The van der Waals surface area contributed by atoms with Crippen LogP contribution in [0.1, 0.15) is 6.92 Å². The van der Waals surface area contributed by atoms with Crippen LogP contribution >= 0.6 is 11.6 Å². The lowest BCUT2D eigenvalue weighted by Gasteiger charge is -2.07. The first kappa shape index (κ1) is 10.1. The van der Waals surface area contributed by atoms with E-state index < -0.39 is 0 Å². The third-order valence-corrected chi connectivity index (χ3v) is 2.56. The molecule has 0 fully saturated rings. The van der Waals surface area contributed by atoms with Crippen LogP contribution in [-0.2, 0) is 0 Å². The van der Waals surface area contributed by atoms with E-state index in [1.807, 2.05) is 25.1 Å². The molecule has 1 heterocycles. The SMILES string of the molecule is CCNc1[nH]c2ccccc2c(=O)c1Cl. The summed E-state index contributed by atoms with van der Waals surface area (Å²) < 4.78 is 0. The number of benzene rings is 1. The minimum absolute atomic E-state index is 0.137. The summed E-state index contributed by atoms with van der Waals surface area (Å²) in [6, 6.07) is 7.31. The summed E-state index contributed by atoms with van der Waals surface area (Å²) in [5.74, 6) is 0.586. The highest BCUT2D eigenvalue weighted by molar-refractivity contribution is 6.33. The van der Waals surface area contributed by atoms with Crippen molar-refractivity contribution in [2.24, 2.45) is 0 Å². The smallest absolute Gasteiger partial charge is 0.210 e. The molecule has 0 radical (unpaired) electrons. The molecule has 15 heavy (non-hydrogen) atoms. The van der Waals surface area contributed by atoms with Gasteiger partial charge in [0.1, 0.15) is 10.8 Å². The highest BCUT2D eigenvalue weighted by atomic mass is 35.5. The van der Waals surface area contributed by atoms with Gasteiger partial charge in [-0.2, -0.15) is 0 Å². The van der Waals surface area contributed by atoms with Gasteiger partial charge in [-0.3, -0.25) is 4.79 Å². The van der Waals surface area contributed by atoms with E-state index in [-0.39, 0.29) is 10.5 Å². The van der Waals surface area contributed by atoms with Gasteiger partial charge in [0.2, 0.25) is 5.43 Å². The van der Waals surface area contributed by atoms with Crippen molar-refractivity contribution >= 4 is 28.3 Å². The van der Waals surface area contributed by atoms with E-state index in [9.17, 15) is 4.79 Å². The van der Waals surface area contributed by atoms with E-state index >= 15 is 0 Å². The van der Waals surface area contributed by atoms with Gasteiger partial charge in [0.25, 0.3) is 0 Å². The van der Waals surface area contributed by atoms with E-state index in [2.05, 4.69) is 10.3 Å². The fraction of sp³-hybridized carbons (Fsp3) is 0.182. The molecule has 0 aliphatic heterocycles. The fourth-order valence-corrected chi connectivity index (χ4v) is 1.73. The summed E-state index contributed by atoms with van der Waals surface area (Å²) in [6.07, 6.45) is 0. The normalized spacial score (nSPS) is 10.5. The van der Waals surface area contributed by atoms with Crippen molar-refractivity contribution in [2.75, 3.05) is 11.9 Å². The molecule has 4 heteroatoms. The topological polar surface area (TPSA) is 44.9 Å². The number of halogens is 1. The quantitative estimate of drug-likeness (QED) is 0.821. The first-order chi connectivity index (χ1) is 7.24. The molecule has 2 N–H and O–H groups in total. The first-order valence-electron chi connectivity index (χ1n) is 4.78. The van der Waals surface area contributed by atoms with Gasteiger partial charge in [0.15, 0.2) is 0 Å². The monoisotopic (exact) mass is 222 g/mol. The Morgan fingerprint density at radius 1 is 1.40 bits per heavy atom. The predicted molar refractivity (Wildman–Crippen MR) is 63.7 cm³/mol. The third kappa shape index (κ3) is 1.70. The zero-order valence-corrected chi connectivity index (χ0v) is 9.06. The Balaban J connectivity index is 2.77. The van der Waals surface area contributed by atoms with Gasteiger partial charge in [-0.15, -0.1) is 0 Å². The van der Waals surface area contributed by atoms with Crippen molar-refractivity contribution < 1.29 is 0 Å². The molecular formula is C11H11ClN2O. The van der Waals surface area contributed by atoms with Crippen LogP contribution in [0.25, 0.3) is 10.9 Å². The van der Waals surface area contributed by atoms with Gasteiger partial charge in [-0.1, -0.05) is 23.7 Å². The van der Waals surface area contributed by atoms with Crippen LogP contribution in [0, 0.1) is 0 Å². The lowest BCUT2D eigenvalue weighted by atomic mass is 10.2. The molecule has 0 atom stereocenters. The molecule has 0 spiro atoms. The Bertz CT molecular complexity index is 548. The number of hydrogen-bond acceptors (Lipinski definition) is 2. The van der Waals surface area contributed by atoms with Crippen LogP contribution in [0.4, 0.5) is 5.82 Å². The van der Waals surface area contributed by atoms with Crippen LogP contribution in [0.3, 0.4) is 0 Å². The van der Waals surface area contributed by atoms with E-state index in [0.717, 1.165) is 5.52 Å². The largest absolute Gasteiger partial charge is 0.371 e. The molecule has 0 amide bonds. The minimum atomic E-state index is -0.137. The van der Waals surface area contributed by atoms with Crippen molar-refractivity contribution in [1.82, 2.24) is 4.98 Å². The number of pyridine rings is 1. The van der Waals surface area contributed by atoms with E-state index in [1.165, 1.54) is 0 Å². The Kier molecular flexibility index (Phi) is 2.64. The molecule has 2 aromatic rings. The molecule has 0 aliphatic rings. The van der Waals surface area contributed by atoms with Crippen molar-refractivity contribution in [3.63, 3.8) is 0 Å². The minimum Gasteiger partial charge on any atom is -0.371 e. The summed E-state index contributed by atoms with van der Waals surface area (Å²) in [7, 11) is 0. The lowest BCUT2D eigenvalue weighted by Crippen LogP contribution is -2.09. The fourth-order valence-electron chi connectivity index (χ4n) is 1.51. The molecule has 1 aromatic heterocycles. The molecule has 0 aliphatic carbocycles. The molecule has 0 bridgehead atoms. The zero-order chi connectivity index (χ0) is 10.8. The standard InChI is InChI=1S/C11H11ClN2O/c1-2-13-11-9(12)10(15)7-5-3-4-6-8(7)14-11/h3-6H,2H2,1H3,(H2,13,14,15). The number of anilines is 1. The summed E-state index contributed by atoms with van der Waals surface area (Å²) in [6.45, 7) is 2.66.